The number of benzene rings is 1. The SMILES string of the molecule is CCNC(=NCCNC(=O)c1ccccc1Cl)N1CCSC(C(C)C)C1.I. The summed E-state index contributed by atoms with van der Waals surface area (Å²) in [6.45, 7) is 10.5. The smallest absolute Gasteiger partial charge is 0.252 e. The summed E-state index contributed by atoms with van der Waals surface area (Å²) in [4.78, 5) is 19.2. The van der Waals surface area contributed by atoms with Crippen molar-refractivity contribution in [2.24, 2.45) is 10.9 Å². The lowest BCUT2D eigenvalue weighted by molar-refractivity contribution is 0.0955. The van der Waals surface area contributed by atoms with Crippen molar-refractivity contribution in [3.8, 4) is 0 Å². The summed E-state index contributed by atoms with van der Waals surface area (Å²) in [6.07, 6.45) is 0. The molecule has 5 nitrogen and oxygen atoms in total. The second-order valence-electron chi connectivity index (χ2n) is 6.57. The molecule has 1 amide bonds. The summed E-state index contributed by atoms with van der Waals surface area (Å²) in [6, 6.07) is 7.06. The molecule has 1 aromatic rings. The van der Waals surface area contributed by atoms with Gasteiger partial charge in [-0.3, -0.25) is 9.79 Å². The molecule has 1 heterocycles. The molecule has 1 atom stereocenters. The van der Waals surface area contributed by atoms with E-state index in [-0.39, 0.29) is 29.9 Å². The number of hydrogen-bond donors (Lipinski definition) is 2. The van der Waals surface area contributed by atoms with E-state index >= 15 is 0 Å². The van der Waals surface area contributed by atoms with Gasteiger partial charge in [-0.25, -0.2) is 0 Å². The van der Waals surface area contributed by atoms with Crippen LogP contribution in [-0.2, 0) is 0 Å². The fourth-order valence-corrected chi connectivity index (χ4v) is 4.29. The average Bonchev–Trinajstić information content (AvgIpc) is 2.64. The Morgan fingerprint density at radius 1 is 1.37 bits per heavy atom. The van der Waals surface area contributed by atoms with Crippen molar-refractivity contribution in [2.75, 3.05) is 38.5 Å². The van der Waals surface area contributed by atoms with Crippen LogP contribution in [0.4, 0.5) is 0 Å². The molecule has 0 saturated carbocycles. The standard InChI is InChI=1S/C19H29ClN4OS.HI/c1-4-21-19(24-11-12-26-17(13-24)14(2)3)23-10-9-22-18(25)15-7-5-6-8-16(15)20;/h5-8,14,17H,4,9-13H2,1-3H3,(H,21,23)(H,22,25);1H. The number of amides is 1. The van der Waals surface area contributed by atoms with Gasteiger partial charge in [0.2, 0.25) is 0 Å². The molecule has 1 aromatic carbocycles. The molecule has 2 rings (SSSR count). The average molecular weight is 525 g/mol. The number of guanidine groups is 1. The minimum absolute atomic E-state index is 0. The number of nitrogens with zero attached hydrogens (tertiary/aromatic N) is 2. The number of carbonyl (C=O) groups is 1. The minimum Gasteiger partial charge on any atom is -0.357 e. The van der Waals surface area contributed by atoms with Crippen molar-refractivity contribution >= 4 is 59.2 Å². The summed E-state index contributed by atoms with van der Waals surface area (Å²) in [5, 5.41) is 7.36. The van der Waals surface area contributed by atoms with Gasteiger partial charge in [0.05, 0.1) is 17.1 Å². The Bertz CT molecular complexity index is 629. The Kier molecular flexibility index (Phi) is 11.5. The second-order valence-corrected chi connectivity index (χ2v) is 8.32. The zero-order chi connectivity index (χ0) is 18.9. The van der Waals surface area contributed by atoms with Crippen molar-refractivity contribution in [2.45, 2.75) is 26.0 Å². The molecular weight excluding hydrogens is 495 g/mol. The Labute approximate surface area is 189 Å². The predicted octanol–water partition coefficient (Wildman–Crippen LogP) is 3.73. The lowest BCUT2D eigenvalue weighted by Crippen LogP contribution is -2.49. The molecule has 2 N–H and O–H groups in total. The number of hydrogen-bond acceptors (Lipinski definition) is 3. The van der Waals surface area contributed by atoms with Crippen LogP contribution < -0.4 is 10.6 Å². The number of carbonyl (C=O) groups excluding carboxylic acids is 1. The first-order valence-electron chi connectivity index (χ1n) is 9.20. The van der Waals surface area contributed by atoms with Gasteiger partial charge in [0.1, 0.15) is 0 Å². The Morgan fingerprint density at radius 3 is 2.78 bits per heavy atom. The molecule has 1 unspecified atom stereocenters. The van der Waals surface area contributed by atoms with Gasteiger partial charge in [-0.05, 0) is 25.0 Å². The van der Waals surface area contributed by atoms with E-state index in [9.17, 15) is 4.79 Å². The molecule has 1 fully saturated rings. The summed E-state index contributed by atoms with van der Waals surface area (Å²) in [5.41, 5.74) is 0.498. The van der Waals surface area contributed by atoms with Crippen LogP contribution in [0.5, 0.6) is 0 Å². The van der Waals surface area contributed by atoms with E-state index in [0.717, 1.165) is 31.3 Å². The maximum Gasteiger partial charge on any atom is 0.252 e. The van der Waals surface area contributed by atoms with E-state index in [1.54, 1.807) is 12.1 Å². The van der Waals surface area contributed by atoms with Crippen molar-refractivity contribution in [3.05, 3.63) is 34.9 Å². The normalized spacial score (nSPS) is 17.4. The van der Waals surface area contributed by atoms with Crippen LogP contribution in [0.2, 0.25) is 5.02 Å². The van der Waals surface area contributed by atoms with Crippen LogP contribution in [0.25, 0.3) is 0 Å². The molecule has 0 spiro atoms. The topological polar surface area (TPSA) is 56.7 Å². The van der Waals surface area contributed by atoms with Gasteiger partial charge >= 0.3 is 0 Å². The van der Waals surface area contributed by atoms with Crippen LogP contribution in [0.1, 0.15) is 31.1 Å². The fourth-order valence-electron chi connectivity index (χ4n) is 2.77. The largest absolute Gasteiger partial charge is 0.357 e. The van der Waals surface area contributed by atoms with Crippen molar-refractivity contribution in [3.63, 3.8) is 0 Å². The first kappa shape index (κ1) is 24.4. The van der Waals surface area contributed by atoms with E-state index < -0.39 is 0 Å². The highest BCUT2D eigenvalue weighted by molar-refractivity contribution is 14.0. The van der Waals surface area contributed by atoms with E-state index in [4.69, 9.17) is 16.6 Å². The number of halogens is 2. The zero-order valence-electron chi connectivity index (χ0n) is 16.2. The van der Waals surface area contributed by atoms with Crippen LogP contribution in [0.15, 0.2) is 29.3 Å². The van der Waals surface area contributed by atoms with Gasteiger partial charge < -0.3 is 15.5 Å². The van der Waals surface area contributed by atoms with E-state index in [1.807, 2.05) is 23.9 Å². The maximum absolute atomic E-state index is 12.2. The number of aliphatic imine (C=N–C) groups is 1. The summed E-state index contributed by atoms with van der Waals surface area (Å²) < 4.78 is 0. The molecule has 1 aliphatic heterocycles. The van der Waals surface area contributed by atoms with Gasteiger partial charge in [-0.15, -0.1) is 24.0 Å². The van der Waals surface area contributed by atoms with Crippen molar-refractivity contribution in [1.29, 1.82) is 0 Å². The van der Waals surface area contributed by atoms with Gasteiger partial charge in [0.25, 0.3) is 5.91 Å². The molecule has 1 saturated heterocycles. The number of thioether (sulfide) groups is 1. The molecule has 0 bridgehead atoms. The molecule has 27 heavy (non-hydrogen) atoms. The summed E-state index contributed by atoms with van der Waals surface area (Å²) >= 11 is 8.11. The lowest BCUT2D eigenvalue weighted by atomic mass is 10.1. The molecule has 8 heteroatoms. The van der Waals surface area contributed by atoms with Crippen LogP contribution >= 0.6 is 47.3 Å². The molecular formula is C19H30ClIN4OS. The van der Waals surface area contributed by atoms with E-state index in [0.29, 0.717) is 34.8 Å². The molecule has 1 aliphatic rings. The maximum atomic E-state index is 12.2. The van der Waals surface area contributed by atoms with Crippen molar-refractivity contribution in [1.82, 2.24) is 15.5 Å². The van der Waals surface area contributed by atoms with Gasteiger partial charge in [0, 0.05) is 37.2 Å². The Morgan fingerprint density at radius 2 is 2.11 bits per heavy atom. The Hall–Kier alpha value is -0.670. The monoisotopic (exact) mass is 524 g/mol. The second kappa shape index (κ2) is 12.7. The van der Waals surface area contributed by atoms with Crippen LogP contribution in [-0.4, -0.2) is 60.5 Å². The zero-order valence-corrected chi connectivity index (χ0v) is 20.1. The van der Waals surface area contributed by atoms with Crippen molar-refractivity contribution < 1.29 is 4.79 Å². The Balaban J connectivity index is 0.00000364. The van der Waals surface area contributed by atoms with Gasteiger partial charge in [0.15, 0.2) is 5.96 Å². The quantitative estimate of drug-likeness (QED) is 0.258. The van der Waals surface area contributed by atoms with E-state index in [2.05, 4.69) is 36.3 Å². The lowest BCUT2D eigenvalue weighted by Gasteiger charge is -2.36. The third-order valence-electron chi connectivity index (χ3n) is 4.25. The minimum atomic E-state index is -0.162. The fraction of sp³-hybridized carbons (Fsp3) is 0.579. The highest BCUT2D eigenvalue weighted by atomic mass is 127. The highest BCUT2D eigenvalue weighted by Gasteiger charge is 2.24. The van der Waals surface area contributed by atoms with E-state index in [1.165, 1.54) is 0 Å². The summed E-state index contributed by atoms with van der Waals surface area (Å²) in [7, 11) is 0. The molecule has 0 aromatic heterocycles. The first-order chi connectivity index (χ1) is 12.5. The third kappa shape index (κ3) is 7.69. The van der Waals surface area contributed by atoms with Gasteiger partial charge in [-0.1, -0.05) is 37.6 Å². The predicted molar refractivity (Wildman–Crippen MR) is 128 cm³/mol. The third-order valence-corrected chi connectivity index (χ3v) is 6.12. The molecule has 0 aliphatic carbocycles. The number of nitrogens with one attached hydrogen (secondary N) is 2. The van der Waals surface area contributed by atoms with Crippen LogP contribution in [0, 0.1) is 5.92 Å². The highest BCUT2D eigenvalue weighted by Crippen LogP contribution is 2.24. The van der Waals surface area contributed by atoms with Gasteiger partial charge in [-0.2, -0.15) is 11.8 Å². The number of rotatable bonds is 6. The first-order valence-corrected chi connectivity index (χ1v) is 10.6. The molecule has 0 radical (unpaired) electrons. The molecule has 152 valence electrons. The summed E-state index contributed by atoms with van der Waals surface area (Å²) in [5.74, 6) is 2.55. The van der Waals surface area contributed by atoms with Crippen LogP contribution in [0.3, 0.4) is 0 Å².